The lowest BCUT2D eigenvalue weighted by Crippen LogP contribution is -2.28. The minimum absolute atomic E-state index is 0.0248. The number of hydrogen-bond donors (Lipinski definition) is 3. The van der Waals surface area contributed by atoms with E-state index in [4.69, 9.17) is 15.6 Å². The molecule has 0 atom stereocenters. The van der Waals surface area contributed by atoms with Crippen LogP contribution in [-0.4, -0.2) is 43.3 Å². The molecule has 0 saturated carbocycles. The van der Waals surface area contributed by atoms with Crippen LogP contribution in [0.15, 0.2) is 12.1 Å². The van der Waals surface area contributed by atoms with Crippen LogP contribution in [-0.2, 0) is 9.53 Å². The van der Waals surface area contributed by atoms with Crippen molar-refractivity contribution >= 4 is 23.2 Å². The van der Waals surface area contributed by atoms with Crippen LogP contribution in [0.1, 0.15) is 21.0 Å². The highest BCUT2D eigenvalue weighted by molar-refractivity contribution is 7.14. The maximum absolute atomic E-state index is 11.7. The van der Waals surface area contributed by atoms with E-state index in [-0.39, 0.29) is 25.7 Å². The van der Waals surface area contributed by atoms with E-state index in [1.165, 1.54) is 11.3 Å². The standard InChI is InChI=1S/C13H16N2O4S/c14-12(17)9-19-8-6-15-13(18)11-5-4-10(20-11)3-1-2-7-16/h4-5,16H,2,6-9H2,(H2,14,17)(H,15,18). The molecular formula is C13H16N2O4S. The maximum atomic E-state index is 11.7. The van der Waals surface area contributed by atoms with Crippen molar-refractivity contribution in [2.75, 3.05) is 26.4 Å². The van der Waals surface area contributed by atoms with E-state index in [0.29, 0.717) is 17.8 Å². The number of aliphatic hydroxyl groups is 1. The van der Waals surface area contributed by atoms with Crippen molar-refractivity contribution in [1.82, 2.24) is 5.32 Å². The number of primary amides is 1. The highest BCUT2D eigenvalue weighted by Crippen LogP contribution is 2.15. The predicted molar refractivity (Wildman–Crippen MR) is 75.2 cm³/mol. The van der Waals surface area contributed by atoms with Crippen molar-refractivity contribution in [3.63, 3.8) is 0 Å². The Hall–Kier alpha value is -1.88. The third-order valence-corrected chi connectivity index (χ3v) is 3.05. The van der Waals surface area contributed by atoms with Gasteiger partial charge in [-0.2, -0.15) is 0 Å². The summed E-state index contributed by atoms with van der Waals surface area (Å²) in [7, 11) is 0. The smallest absolute Gasteiger partial charge is 0.261 e. The molecule has 7 heteroatoms. The van der Waals surface area contributed by atoms with Gasteiger partial charge in [-0.05, 0) is 12.1 Å². The lowest BCUT2D eigenvalue weighted by Gasteiger charge is -2.03. The van der Waals surface area contributed by atoms with E-state index >= 15 is 0 Å². The molecule has 0 fully saturated rings. The van der Waals surface area contributed by atoms with Gasteiger partial charge in [0.15, 0.2) is 0 Å². The van der Waals surface area contributed by atoms with Crippen molar-refractivity contribution in [2.45, 2.75) is 6.42 Å². The normalized spacial score (nSPS) is 9.65. The summed E-state index contributed by atoms with van der Waals surface area (Å²) in [6, 6.07) is 3.45. The van der Waals surface area contributed by atoms with Crippen LogP contribution in [0, 0.1) is 11.8 Å². The second-order valence-electron chi connectivity index (χ2n) is 3.71. The Balaban J connectivity index is 2.33. The summed E-state index contributed by atoms with van der Waals surface area (Å²) >= 11 is 1.28. The third-order valence-electron chi connectivity index (χ3n) is 2.05. The minimum Gasteiger partial charge on any atom is -0.395 e. The van der Waals surface area contributed by atoms with Crippen molar-refractivity contribution in [1.29, 1.82) is 0 Å². The van der Waals surface area contributed by atoms with Gasteiger partial charge in [0.1, 0.15) is 6.61 Å². The van der Waals surface area contributed by atoms with Gasteiger partial charge in [0.25, 0.3) is 5.91 Å². The first-order chi connectivity index (χ1) is 9.63. The molecule has 0 unspecified atom stereocenters. The van der Waals surface area contributed by atoms with E-state index in [0.717, 1.165) is 4.88 Å². The molecule has 4 N–H and O–H groups in total. The first-order valence-corrected chi connectivity index (χ1v) is 6.79. The van der Waals surface area contributed by atoms with Gasteiger partial charge < -0.3 is 20.9 Å². The van der Waals surface area contributed by atoms with Crippen LogP contribution < -0.4 is 11.1 Å². The summed E-state index contributed by atoms with van der Waals surface area (Å²) in [6.07, 6.45) is 0.413. The largest absolute Gasteiger partial charge is 0.395 e. The van der Waals surface area contributed by atoms with E-state index in [1.54, 1.807) is 12.1 Å². The van der Waals surface area contributed by atoms with Crippen molar-refractivity contribution in [3.05, 3.63) is 21.9 Å². The van der Waals surface area contributed by atoms with E-state index in [2.05, 4.69) is 17.2 Å². The van der Waals surface area contributed by atoms with E-state index in [1.807, 2.05) is 0 Å². The lowest BCUT2D eigenvalue weighted by molar-refractivity contribution is -0.122. The Morgan fingerprint density at radius 1 is 1.45 bits per heavy atom. The Morgan fingerprint density at radius 3 is 2.95 bits per heavy atom. The number of hydrogen-bond acceptors (Lipinski definition) is 5. The van der Waals surface area contributed by atoms with Crippen molar-refractivity contribution in [3.8, 4) is 11.8 Å². The molecule has 0 aliphatic heterocycles. The van der Waals surface area contributed by atoms with Crippen LogP contribution in [0.4, 0.5) is 0 Å². The number of ether oxygens (including phenoxy) is 1. The van der Waals surface area contributed by atoms with Gasteiger partial charge >= 0.3 is 0 Å². The fraction of sp³-hybridized carbons (Fsp3) is 0.385. The molecule has 2 amide bonds. The number of rotatable bonds is 7. The topological polar surface area (TPSA) is 102 Å². The highest BCUT2D eigenvalue weighted by Gasteiger charge is 2.07. The van der Waals surface area contributed by atoms with Gasteiger partial charge in [0, 0.05) is 13.0 Å². The number of nitrogens with one attached hydrogen (secondary N) is 1. The second kappa shape index (κ2) is 9.09. The number of aliphatic hydroxyl groups excluding tert-OH is 1. The fourth-order valence-corrected chi connectivity index (χ4v) is 2.03. The fourth-order valence-electron chi connectivity index (χ4n) is 1.23. The zero-order chi connectivity index (χ0) is 14.8. The number of nitrogens with two attached hydrogens (primary N) is 1. The van der Waals surface area contributed by atoms with Crippen LogP contribution in [0.3, 0.4) is 0 Å². The first kappa shape index (κ1) is 16.2. The summed E-state index contributed by atoms with van der Waals surface area (Å²) in [5.74, 6) is 4.90. The molecule has 0 saturated heterocycles. The zero-order valence-corrected chi connectivity index (χ0v) is 11.7. The molecule has 0 bridgehead atoms. The zero-order valence-electron chi connectivity index (χ0n) is 10.8. The Bertz CT molecular complexity index is 516. The summed E-state index contributed by atoms with van der Waals surface area (Å²) in [6.45, 7) is 0.398. The lowest BCUT2D eigenvalue weighted by atomic mass is 10.4. The number of carbonyl (C=O) groups is 2. The van der Waals surface area contributed by atoms with Crippen LogP contribution in [0.25, 0.3) is 0 Å². The summed E-state index contributed by atoms with van der Waals surface area (Å²) in [5.41, 5.74) is 4.90. The summed E-state index contributed by atoms with van der Waals surface area (Å²) in [4.78, 5) is 23.5. The molecule has 108 valence electrons. The van der Waals surface area contributed by atoms with Crippen LogP contribution in [0.5, 0.6) is 0 Å². The third kappa shape index (κ3) is 6.33. The molecule has 1 aromatic rings. The Kier molecular flexibility index (Phi) is 7.35. The average molecular weight is 296 g/mol. The highest BCUT2D eigenvalue weighted by atomic mass is 32.1. The van der Waals surface area contributed by atoms with E-state index < -0.39 is 5.91 Å². The predicted octanol–water partition coefficient (Wildman–Crippen LogP) is -0.286. The minimum atomic E-state index is -0.541. The molecule has 0 aliphatic carbocycles. The number of thiophene rings is 1. The SMILES string of the molecule is NC(=O)COCCNC(=O)c1ccc(C#CCCO)s1. The van der Waals surface area contributed by atoms with Gasteiger partial charge in [-0.15, -0.1) is 11.3 Å². The summed E-state index contributed by atoms with van der Waals surface area (Å²) in [5, 5.41) is 11.3. The molecule has 1 rings (SSSR count). The van der Waals surface area contributed by atoms with Crippen LogP contribution in [0.2, 0.25) is 0 Å². The quantitative estimate of drug-likeness (QED) is 0.475. The molecule has 6 nitrogen and oxygen atoms in total. The maximum Gasteiger partial charge on any atom is 0.261 e. The van der Waals surface area contributed by atoms with Gasteiger partial charge in [0.2, 0.25) is 5.91 Å². The summed E-state index contributed by atoms with van der Waals surface area (Å²) < 4.78 is 4.92. The molecule has 0 aliphatic rings. The molecule has 1 aromatic heterocycles. The molecule has 0 aromatic carbocycles. The monoisotopic (exact) mass is 296 g/mol. The van der Waals surface area contributed by atoms with Crippen molar-refractivity contribution < 1.29 is 19.4 Å². The van der Waals surface area contributed by atoms with Crippen molar-refractivity contribution in [2.24, 2.45) is 5.73 Å². The molecule has 0 spiro atoms. The second-order valence-corrected chi connectivity index (χ2v) is 4.80. The Morgan fingerprint density at radius 2 is 2.25 bits per heavy atom. The average Bonchev–Trinajstić information content (AvgIpc) is 2.87. The van der Waals surface area contributed by atoms with Gasteiger partial charge in [-0.3, -0.25) is 9.59 Å². The van der Waals surface area contributed by atoms with E-state index in [9.17, 15) is 9.59 Å². The molecule has 20 heavy (non-hydrogen) atoms. The number of amides is 2. The Labute approximate surface area is 120 Å². The van der Waals surface area contributed by atoms with Gasteiger partial charge in [0.05, 0.1) is 23.0 Å². The van der Waals surface area contributed by atoms with Gasteiger partial charge in [-0.25, -0.2) is 0 Å². The van der Waals surface area contributed by atoms with Gasteiger partial charge in [-0.1, -0.05) is 11.8 Å². The molecule has 0 radical (unpaired) electrons. The number of carbonyl (C=O) groups excluding carboxylic acids is 2. The molecule has 1 heterocycles. The van der Waals surface area contributed by atoms with Crippen LogP contribution >= 0.6 is 11.3 Å². The molecular weight excluding hydrogens is 280 g/mol. The first-order valence-electron chi connectivity index (χ1n) is 5.97.